The zero-order valence-electron chi connectivity index (χ0n) is 8.91. The fourth-order valence-corrected chi connectivity index (χ4v) is 2.15. The molecule has 0 aliphatic carbocycles. The van der Waals surface area contributed by atoms with Crippen molar-refractivity contribution in [3.8, 4) is 0 Å². The van der Waals surface area contributed by atoms with E-state index in [1.807, 2.05) is 0 Å². The van der Waals surface area contributed by atoms with E-state index >= 15 is 0 Å². The summed E-state index contributed by atoms with van der Waals surface area (Å²) in [6, 6.07) is 0. The molecule has 0 aromatic heterocycles. The van der Waals surface area contributed by atoms with Crippen molar-refractivity contribution >= 4 is 16.8 Å². The van der Waals surface area contributed by atoms with Crippen LogP contribution in [0.2, 0.25) is 0 Å². The Morgan fingerprint density at radius 2 is 2.31 bits per heavy atom. The zero-order chi connectivity index (χ0) is 12.1. The third-order valence-corrected chi connectivity index (χ3v) is 3.21. The third kappa shape index (κ3) is 3.67. The molecule has 16 heavy (non-hydrogen) atoms. The van der Waals surface area contributed by atoms with Gasteiger partial charge in [-0.15, -0.1) is 0 Å². The van der Waals surface area contributed by atoms with Gasteiger partial charge >= 0.3 is 0 Å². The Balaban J connectivity index is 2.41. The van der Waals surface area contributed by atoms with E-state index in [2.05, 4.69) is 4.99 Å². The number of hydrogen-bond acceptors (Lipinski definition) is 6. The van der Waals surface area contributed by atoms with Crippen LogP contribution in [-0.4, -0.2) is 63.9 Å². The van der Waals surface area contributed by atoms with Gasteiger partial charge in [-0.25, -0.2) is 4.39 Å². The second kappa shape index (κ2) is 6.51. The Morgan fingerprint density at radius 3 is 2.75 bits per heavy atom. The van der Waals surface area contributed by atoms with E-state index in [4.69, 9.17) is 14.9 Å². The van der Waals surface area contributed by atoms with Gasteiger partial charge in [-0.05, 0) is 6.92 Å². The predicted octanol–water partition coefficient (Wildman–Crippen LogP) is -0.454. The minimum Gasteiger partial charge on any atom is -0.394 e. The van der Waals surface area contributed by atoms with Crippen LogP contribution in [0, 0.1) is 0 Å². The first-order chi connectivity index (χ1) is 7.58. The highest BCUT2D eigenvalue weighted by atomic mass is 32.2. The van der Waals surface area contributed by atoms with Gasteiger partial charge in [0.2, 0.25) is 0 Å². The van der Waals surface area contributed by atoms with Crippen LogP contribution in [0.25, 0.3) is 0 Å². The number of aliphatic hydroxyl groups is 3. The first-order valence-electron chi connectivity index (χ1n) is 4.97. The van der Waals surface area contributed by atoms with E-state index in [9.17, 15) is 9.50 Å². The molecule has 0 radical (unpaired) electrons. The maximum atomic E-state index is 12.2. The molecule has 4 atom stereocenters. The number of aliphatic imine (C=N–C) groups is 1. The quantitative estimate of drug-likeness (QED) is 0.597. The molecule has 1 rings (SSSR count). The summed E-state index contributed by atoms with van der Waals surface area (Å²) in [5.74, 6) is 0. The molecule has 7 heteroatoms. The fourth-order valence-electron chi connectivity index (χ4n) is 1.28. The maximum absolute atomic E-state index is 12.2. The largest absolute Gasteiger partial charge is 0.394 e. The summed E-state index contributed by atoms with van der Waals surface area (Å²) in [5, 5.41) is 28.0. The number of nitrogens with zero attached hydrogens (tertiary/aromatic N) is 1. The SMILES string of the molecule is C[C@@H](O)[C@H](O)[C@@H](CO)OC1CN=C(CF)S1. The van der Waals surface area contributed by atoms with E-state index in [0.717, 1.165) is 11.8 Å². The highest BCUT2D eigenvalue weighted by Crippen LogP contribution is 2.24. The van der Waals surface area contributed by atoms with E-state index in [1.54, 1.807) is 0 Å². The van der Waals surface area contributed by atoms with Gasteiger partial charge in [0.05, 0.1) is 19.3 Å². The van der Waals surface area contributed by atoms with Crippen molar-refractivity contribution < 1.29 is 24.4 Å². The average Bonchev–Trinajstić information content (AvgIpc) is 2.72. The standard InChI is InChI=1S/C9H16FNO4S/c1-5(13)9(14)6(4-12)15-8-3-11-7(2-10)16-8/h5-6,8-9,12-14H,2-4H2,1H3/t5-,6-,8?,9+/m1/s1. The molecular formula is C9H16FNO4S. The molecule has 5 nitrogen and oxygen atoms in total. The summed E-state index contributed by atoms with van der Waals surface area (Å²) in [4.78, 5) is 3.88. The lowest BCUT2D eigenvalue weighted by Gasteiger charge is -2.25. The van der Waals surface area contributed by atoms with Gasteiger partial charge in [0, 0.05) is 0 Å². The fraction of sp³-hybridized carbons (Fsp3) is 0.889. The number of thioether (sulfide) groups is 1. The molecule has 0 fully saturated rings. The Bertz CT molecular complexity index is 252. The number of halogens is 1. The Hall–Kier alpha value is -0.210. The van der Waals surface area contributed by atoms with Crippen LogP contribution in [0.1, 0.15) is 6.92 Å². The number of ether oxygens (including phenoxy) is 1. The lowest BCUT2D eigenvalue weighted by atomic mass is 10.1. The molecule has 0 aromatic rings. The van der Waals surface area contributed by atoms with Crippen molar-refractivity contribution in [2.75, 3.05) is 19.8 Å². The van der Waals surface area contributed by atoms with Gasteiger partial charge in [0.25, 0.3) is 0 Å². The van der Waals surface area contributed by atoms with E-state index in [-0.39, 0.29) is 0 Å². The Morgan fingerprint density at radius 1 is 1.62 bits per heavy atom. The van der Waals surface area contributed by atoms with Crippen LogP contribution in [-0.2, 0) is 4.74 Å². The van der Waals surface area contributed by atoms with Crippen molar-refractivity contribution in [1.82, 2.24) is 0 Å². The predicted molar refractivity (Wildman–Crippen MR) is 59.3 cm³/mol. The average molecular weight is 253 g/mol. The van der Waals surface area contributed by atoms with Crippen molar-refractivity contribution in [2.45, 2.75) is 30.7 Å². The minimum absolute atomic E-state index is 0.299. The van der Waals surface area contributed by atoms with Crippen LogP contribution in [0.5, 0.6) is 0 Å². The minimum atomic E-state index is -1.17. The van der Waals surface area contributed by atoms with E-state index in [0.29, 0.717) is 11.6 Å². The lowest BCUT2D eigenvalue weighted by molar-refractivity contribution is -0.107. The second-order valence-electron chi connectivity index (χ2n) is 3.50. The molecule has 1 aliphatic heterocycles. The topological polar surface area (TPSA) is 82.3 Å². The second-order valence-corrected chi connectivity index (χ2v) is 4.74. The number of hydrogen-bond donors (Lipinski definition) is 3. The molecule has 0 amide bonds. The van der Waals surface area contributed by atoms with Gasteiger partial charge in [-0.3, -0.25) is 4.99 Å². The van der Waals surface area contributed by atoms with Gasteiger partial charge in [0.1, 0.15) is 29.4 Å². The Labute approximate surface area is 97.3 Å². The molecule has 0 saturated heterocycles. The molecule has 1 heterocycles. The van der Waals surface area contributed by atoms with E-state index in [1.165, 1.54) is 6.92 Å². The monoisotopic (exact) mass is 253 g/mol. The molecule has 3 N–H and O–H groups in total. The molecule has 0 aromatic carbocycles. The van der Waals surface area contributed by atoms with Crippen molar-refractivity contribution in [2.24, 2.45) is 4.99 Å². The molecule has 0 saturated carbocycles. The Kier molecular flexibility index (Phi) is 5.63. The summed E-state index contributed by atoms with van der Waals surface area (Å²) in [6.45, 7) is 0.663. The summed E-state index contributed by atoms with van der Waals surface area (Å²) in [7, 11) is 0. The van der Waals surface area contributed by atoms with Crippen LogP contribution in [0.4, 0.5) is 4.39 Å². The summed E-state index contributed by atoms with van der Waals surface area (Å²) >= 11 is 1.13. The van der Waals surface area contributed by atoms with Crippen LogP contribution >= 0.6 is 11.8 Å². The maximum Gasteiger partial charge on any atom is 0.137 e. The number of alkyl halides is 1. The normalized spacial score (nSPS) is 26.3. The highest BCUT2D eigenvalue weighted by molar-refractivity contribution is 8.14. The van der Waals surface area contributed by atoms with Crippen LogP contribution in [0.3, 0.4) is 0 Å². The van der Waals surface area contributed by atoms with Gasteiger partial charge < -0.3 is 20.1 Å². The van der Waals surface area contributed by atoms with Gasteiger partial charge in [-0.2, -0.15) is 0 Å². The smallest absolute Gasteiger partial charge is 0.137 e. The molecule has 0 spiro atoms. The molecule has 94 valence electrons. The van der Waals surface area contributed by atoms with Gasteiger partial charge in [0.15, 0.2) is 0 Å². The summed E-state index contributed by atoms with van der Waals surface area (Å²) in [6.07, 6.45) is -3.04. The number of rotatable bonds is 6. The first kappa shape index (κ1) is 13.9. The molecule has 0 bridgehead atoms. The molecular weight excluding hydrogens is 237 g/mol. The van der Waals surface area contributed by atoms with E-state index < -0.39 is 37.0 Å². The summed E-state index contributed by atoms with van der Waals surface area (Å²) < 4.78 is 17.6. The van der Waals surface area contributed by atoms with Crippen LogP contribution in [0.15, 0.2) is 4.99 Å². The third-order valence-electron chi connectivity index (χ3n) is 2.18. The van der Waals surface area contributed by atoms with Crippen molar-refractivity contribution in [3.63, 3.8) is 0 Å². The molecule has 1 aliphatic rings. The van der Waals surface area contributed by atoms with Crippen molar-refractivity contribution in [1.29, 1.82) is 0 Å². The van der Waals surface area contributed by atoms with Crippen molar-refractivity contribution in [3.05, 3.63) is 0 Å². The zero-order valence-corrected chi connectivity index (χ0v) is 9.73. The first-order valence-corrected chi connectivity index (χ1v) is 5.84. The molecule has 1 unspecified atom stereocenters. The summed E-state index contributed by atoms with van der Waals surface area (Å²) in [5.41, 5.74) is -0.406. The van der Waals surface area contributed by atoms with Gasteiger partial charge in [-0.1, -0.05) is 11.8 Å². The highest BCUT2D eigenvalue weighted by Gasteiger charge is 2.29. The lowest BCUT2D eigenvalue weighted by Crippen LogP contribution is -2.41. The van der Waals surface area contributed by atoms with Crippen LogP contribution < -0.4 is 0 Å². The number of aliphatic hydroxyl groups excluding tert-OH is 3.